The van der Waals surface area contributed by atoms with Crippen molar-refractivity contribution in [2.24, 2.45) is 0 Å². The molecule has 0 atom stereocenters. The molecule has 4 N–H and O–H groups in total. The molecule has 0 fully saturated rings. The Labute approximate surface area is 371 Å². The van der Waals surface area contributed by atoms with E-state index in [1.54, 1.807) is 0 Å². The van der Waals surface area contributed by atoms with E-state index in [0.29, 0.717) is 0 Å². The number of fused-ring (bicyclic) bond motifs is 8. The quantitative estimate of drug-likeness (QED) is 0.137. The van der Waals surface area contributed by atoms with Gasteiger partial charge in [-0.25, -0.2) is 52.8 Å². The summed E-state index contributed by atoms with van der Waals surface area (Å²) in [6.07, 6.45) is 0. The number of carboxylic acids is 4. The van der Waals surface area contributed by atoms with E-state index in [1.807, 2.05) is 0 Å². The van der Waals surface area contributed by atoms with Crippen LogP contribution in [0.15, 0.2) is 87.7 Å². The average Bonchev–Trinajstić information content (AvgIpc) is 3.13. The predicted octanol–water partition coefficient (Wildman–Crippen LogP) is 7.31. The highest BCUT2D eigenvalue weighted by molar-refractivity contribution is 7.93. The fraction of sp³-hybridized carbons (Fsp3) is 0.364. The molecule has 64 heavy (non-hydrogen) atoms. The summed E-state index contributed by atoms with van der Waals surface area (Å²) in [4.78, 5) is 43.2. The van der Waals surface area contributed by atoms with Gasteiger partial charge in [-0.3, -0.25) is 0 Å². The minimum atomic E-state index is -5.74. The molecular weight excluding hydrogens is 913 g/mol. The van der Waals surface area contributed by atoms with Gasteiger partial charge in [0.25, 0.3) is 0 Å². The summed E-state index contributed by atoms with van der Waals surface area (Å²) >= 11 is 0. The molecule has 8 bridgehead atoms. The second-order valence-corrected chi connectivity index (χ2v) is 27.2. The van der Waals surface area contributed by atoms with Crippen LogP contribution in [0.1, 0.15) is 147 Å². The normalized spacial score (nSPS) is 16.7. The SMILES string of the molecule is CC(C)(C)c1cc2c(C(=O)O)c(c1)S(=O)(=O)c1cc(C(C)(C)C)cc(c1C(=O)O)S(=O)(=O)c1cc(C(C)(C)C)cc(c1C(=O)O)S(=O)(=O)c1cc(C(C)(C)C)cc(c1C(=O)O)S2(=O)=O. The predicted molar refractivity (Wildman–Crippen MR) is 230 cm³/mol. The Hall–Kier alpha value is -5.44. The molecule has 0 spiro atoms. The highest BCUT2D eigenvalue weighted by Crippen LogP contribution is 2.46. The highest BCUT2D eigenvalue weighted by Gasteiger charge is 2.45. The first kappa shape index (κ1) is 49.6. The number of aromatic carboxylic acids is 4. The van der Waals surface area contributed by atoms with Crippen molar-refractivity contribution in [3.8, 4) is 0 Å². The van der Waals surface area contributed by atoms with Gasteiger partial charge in [0, 0.05) is 0 Å². The van der Waals surface area contributed by atoms with Gasteiger partial charge in [-0.15, -0.1) is 0 Å². The van der Waals surface area contributed by atoms with E-state index in [-0.39, 0.29) is 22.3 Å². The lowest BCUT2D eigenvalue weighted by atomic mass is 9.86. The lowest BCUT2D eigenvalue weighted by molar-refractivity contribution is 0.0677. The number of rotatable bonds is 4. The van der Waals surface area contributed by atoms with Crippen LogP contribution in [0.3, 0.4) is 0 Å². The molecule has 16 nitrogen and oxygen atoms in total. The molecule has 4 aromatic rings. The third-order valence-electron chi connectivity index (χ3n) is 10.9. The molecular formula is C44H48O16S4. The van der Waals surface area contributed by atoms with E-state index in [2.05, 4.69) is 0 Å². The van der Waals surface area contributed by atoms with E-state index >= 15 is 33.7 Å². The number of hydrogen-bond donors (Lipinski definition) is 4. The molecule has 5 rings (SSSR count). The smallest absolute Gasteiger partial charge is 0.338 e. The third-order valence-corrected chi connectivity index (χ3v) is 18.1. The van der Waals surface area contributed by atoms with Gasteiger partial charge in [0.1, 0.15) is 0 Å². The average molecular weight is 961 g/mol. The van der Waals surface area contributed by atoms with Crippen LogP contribution in [-0.4, -0.2) is 78.0 Å². The Kier molecular flexibility index (Phi) is 11.7. The summed E-state index contributed by atoms with van der Waals surface area (Å²) in [5.41, 5.74) is -11.8. The molecule has 4 aromatic carbocycles. The van der Waals surface area contributed by atoms with Crippen molar-refractivity contribution in [3.63, 3.8) is 0 Å². The second kappa shape index (κ2) is 15.1. The fourth-order valence-electron chi connectivity index (χ4n) is 7.10. The van der Waals surface area contributed by atoms with Crippen LogP contribution in [0.25, 0.3) is 0 Å². The maximum Gasteiger partial charge on any atom is 0.338 e. The van der Waals surface area contributed by atoms with Gasteiger partial charge in [-0.1, -0.05) is 83.1 Å². The third kappa shape index (κ3) is 8.13. The highest BCUT2D eigenvalue weighted by atomic mass is 32.2. The van der Waals surface area contributed by atoms with Crippen molar-refractivity contribution >= 4 is 63.2 Å². The van der Waals surface area contributed by atoms with Crippen LogP contribution in [0.4, 0.5) is 0 Å². The Bertz CT molecular complexity index is 2680. The zero-order valence-electron chi connectivity index (χ0n) is 36.9. The summed E-state index contributed by atoms with van der Waals surface area (Å²) < 4.78 is 123. The molecule has 1 aliphatic heterocycles. The van der Waals surface area contributed by atoms with E-state index in [4.69, 9.17) is 0 Å². The lowest BCUT2D eigenvalue weighted by Gasteiger charge is -2.27. The number of benzene rings is 4. The van der Waals surface area contributed by atoms with Crippen molar-refractivity contribution in [2.45, 2.75) is 144 Å². The summed E-state index contributed by atoms with van der Waals surface area (Å²) in [5, 5.41) is 43.4. The maximum absolute atomic E-state index is 15.4. The summed E-state index contributed by atoms with van der Waals surface area (Å²) in [7, 11) is -22.9. The van der Waals surface area contributed by atoms with Gasteiger partial charge in [0.05, 0.1) is 61.4 Å². The number of sulfone groups is 4. The van der Waals surface area contributed by atoms with E-state index in [0.717, 1.165) is 48.5 Å². The van der Waals surface area contributed by atoms with E-state index in [9.17, 15) is 39.6 Å². The molecule has 0 saturated carbocycles. The Balaban J connectivity index is 2.39. The molecule has 1 aliphatic rings. The standard InChI is InChI=1S/C44H48O16S4/c1-41(2,3)21-13-25-33(37(45)46)26(14-21)62(55,56)28-16-23(43(7,8)9)18-30(35(28)39(49)50)64(59,60)32-20-24(44(10,11)12)19-31(36(32)40(51)52)63(57,58)29-17-22(42(4,5)6)15-27(61(25,53)54)34(29)38(47)48/h13-20H,1-12H3,(H,45,46)(H,47,48)(H,49,50)(H,51,52). The summed E-state index contributed by atoms with van der Waals surface area (Å²) in [5.74, 6) is -8.88. The van der Waals surface area contributed by atoms with Crippen LogP contribution >= 0.6 is 0 Å². The van der Waals surface area contributed by atoms with Crippen molar-refractivity contribution in [3.05, 3.63) is 93.0 Å². The van der Waals surface area contributed by atoms with Crippen LogP contribution < -0.4 is 0 Å². The number of hydrogen-bond acceptors (Lipinski definition) is 12. The van der Waals surface area contributed by atoms with Gasteiger partial charge in [-0.2, -0.15) is 0 Å². The molecule has 0 saturated heterocycles. The topological polar surface area (TPSA) is 286 Å². The minimum absolute atomic E-state index is 0.194. The molecule has 20 heteroatoms. The Morgan fingerprint density at radius 1 is 0.297 bits per heavy atom. The largest absolute Gasteiger partial charge is 0.478 e. The molecule has 344 valence electrons. The van der Waals surface area contributed by atoms with Gasteiger partial charge < -0.3 is 20.4 Å². The van der Waals surface area contributed by atoms with Crippen LogP contribution in [0, 0.1) is 0 Å². The molecule has 0 aliphatic carbocycles. The summed E-state index contributed by atoms with van der Waals surface area (Å²) in [6, 6.07) is 6.27. The molecule has 0 aromatic heterocycles. The van der Waals surface area contributed by atoms with Crippen molar-refractivity contribution in [1.82, 2.24) is 0 Å². The van der Waals surface area contributed by atoms with Crippen LogP contribution in [0.2, 0.25) is 0 Å². The van der Waals surface area contributed by atoms with Gasteiger partial charge in [0.15, 0.2) is 0 Å². The first-order chi connectivity index (χ1) is 28.6. The Morgan fingerprint density at radius 3 is 0.484 bits per heavy atom. The Morgan fingerprint density at radius 2 is 0.406 bits per heavy atom. The van der Waals surface area contributed by atoms with Crippen LogP contribution in [-0.2, 0) is 61.0 Å². The van der Waals surface area contributed by atoms with E-state index in [1.165, 1.54) is 83.1 Å². The van der Waals surface area contributed by atoms with Crippen molar-refractivity contribution in [1.29, 1.82) is 0 Å². The zero-order chi connectivity index (χ0) is 49.2. The monoisotopic (exact) mass is 960 g/mol. The second-order valence-electron chi connectivity index (χ2n) is 19.6. The maximum atomic E-state index is 15.4. The summed E-state index contributed by atoms with van der Waals surface area (Å²) in [6.45, 7) is 17.9. The van der Waals surface area contributed by atoms with E-state index < -0.39 is 146 Å². The van der Waals surface area contributed by atoms with Gasteiger partial charge in [-0.05, 0) is 92.4 Å². The van der Waals surface area contributed by atoms with Crippen LogP contribution in [0.5, 0.6) is 0 Å². The van der Waals surface area contributed by atoms with Gasteiger partial charge in [0.2, 0.25) is 39.3 Å². The molecule has 1 heterocycles. The van der Waals surface area contributed by atoms with Crippen molar-refractivity contribution < 1.29 is 73.3 Å². The molecule has 0 radical (unpaired) electrons. The fourth-order valence-corrected chi connectivity index (χ4v) is 14.3. The first-order valence-electron chi connectivity index (χ1n) is 19.3. The lowest BCUT2D eigenvalue weighted by Crippen LogP contribution is -2.26. The van der Waals surface area contributed by atoms with Crippen molar-refractivity contribution in [2.75, 3.05) is 0 Å². The number of carbonyl (C=O) groups is 4. The molecule has 0 amide bonds. The minimum Gasteiger partial charge on any atom is -0.478 e. The van der Waals surface area contributed by atoms with Gasteiger partial charge >= 0.3 is 23.9 Å². The molecule has 0 unspecified atom stereocenters. The first-order valence-corrected chi connectivity index (χ1v) is 25.2. The number of carboxylic acid groups (broad SMARTS) is 4. The zero-order valence-corrected chi connectivity index (χ0v) is 40.2.